The summed E-state index contributed by atoms with van der Waals surface area (Å²) in [4.78, 5) is 11.3. The average Bonchev–Trinajstić information content (AvgIpc) is 2.45. The summed E-state index contributed by atoms with van der Waals surface area (Å²) in [6.45, 7) is 2.14. The number of hydrogen-bond acceptors (Lipinski definition) is 5. The molecule has 1 rings (SSSR count). The highest BCUT2D eigenvalue weighted by Crippen LogP contribution is 2.22. The quantitative estimate of drug-likeness (QED) is 0.632. The Hall–Kier alpha value is -1.64. The van der Waals surface area contributed by atoms with Crippen LogP contribution in [0.25, 0.3) is 0 Å². The van der Waals surface area contributed by atoms with Crippen LogP contribution in [-0.4, -0.2) is 34.0 Å². The Kier molecular flexibility index (Phi) is 6.13. The molecule has 0 aromatic heterocycles. The predicted octanol–water partition coefficient (Wildman–Crippen LogP) is 0.200. The van der Waals surface area contributed by atoms with Crippen LogP contribution in [0, 0.1) is 0 Å². The van der Waals surface area contributed by atoms with E-state index >= 15 is 0 Å². The molecule has 1 aromatic carbocycles. The Balaban J connectivity index is 3.14. The highest BCUT2D eigenvalue weighted by Gasteiger charge is 2.21. The zero-order chi connectivity index (χ0) is 16.0. The number of nitrogens with two attached hydrogens (primary N) is 2. The molecule has 0 aliphatic carbocycles. The van der Waals surface area contributed by atoms with Gasteiger partial charge in [-0.15, -0.1) is 0 Å². The second-order valence-electron chi connectivity index (χ2n) is 4.57. The van der Waals surface area contributed by atoms with Gasteiger partial charge in [-0.3, -0.25) is 4.79 Å². The highest BCUT2D eigenvalue weighted by molar-refractivity contribution is 7.89. The van der Waals surface area contributed by atoms with E-state index in [2.05, 4.69) is 4.72 Å². The minimum absolute atomic E-state index is 0.0140. The van der Waals surface area contributed by atoms with Gasteiger partial charge in [0.25, 0.3) is 5.91 Å². The first-order chi connectivity index (χ1) is 9.85. The van der Waals surface area contributed by atoms with Gasteiger partial charge < -0.3 is 16.2 Å². The lowest BCUT2D eigenvalue weighted by Gasteiger charge is -2.16. The second kappa shape index (κ2) is 7.39. The molecule has 1 aromatic rings. The Morgan fingerprint density at radius 1 is 1.43 bits per heavy atom. The molecule has 7 nitrogen and oxygen atoms in total. The monoisotopic (exact) mass is 315 g/mol. The normalized spacial score (nSPS) is 12.9. The number of benzene rings is 1. The van der Waals surface area contributed by atoms with Crippen LogP contribution in [0.15, 0.2) is 23.1 Å². The topological polar surface area (TPSA) is 125 Å². The number of ether oxygens (including phenoxy) is 1. The van der Waals surface area contributed by atoms with Crippen LogP contribution in [-0.2, 0) is 10.0 Å². The molecule has 0 bridgehead atoms. The molecular weight excluding hydrogens is 294 g/mol. The summed E-state index contributed by atoms with van der Waals surface area (Å²) in [5, 5.41) is 0. The van der Waals surface area contributed by atoms with E-state index in [0.717, 1.165) is 6.42 Å². The Morgan fingerprint density at radius 2 is 2.10 bits per heavy atom. The molecule has 21 heavy (non-hydrogen) atoms. The van der Waals surface area contributed by atoms with E-state index in [1.807, 2.05) is 6.92 Å². The minimum Gasteiger partial charge on any atom is -0.496 e. The number of carbonyl (C=O) groups excluding carboxylic acids is 1. The van der Waals surface area contributed by atoms with Crippen molar-refractivity contribution in [3.63, 3.8) is 0 Å². The van der Waals surface area contributed by atoms with Crippen molar-refractivity contribution in [3.8, 4) is 5.75 Å². The molecule has 118 valence electrons. The van der Waals surface area contributed by atoms with Crippen molar-refractivity contribution in [3.05, 3.63) is 23.8 Å². The van der Waals surface area contributed by atoms with E-state index in [9.17, 15) is 13.2 Å². The maximum absolute atomic E-state index is 12.3. The van der Waals surface area contributed by atoms with E-state index in [1.165, 1.54) is 25.3 Å². The van der Waals surface area contributed by atoms with Crippen LogP contribution in [0.5, 0.6) is 5.75 Å². The molecule has 0 aliphatic heterocycles. The van der Waals surface area contributed by atoms with Crippen LogP contribution in [0.1, 0.15) is 30.1 Å². The van der Waals surface area contributed by atoms with Gasteiger partial charge in [0.2, 0.25) is 10.0 Å². The van der Waals surface area contributed by atoms with Crippen molar-refractivity contribution in [2.45, 2.75) is 30.7 Å². The molecule has 0 heterocycles. The fourth-order valence-electron chi connectivity index (χ4n) is 1.91. The summed E-state index contributed by atoms with van der Waals surface area (Å²) < 4.78 is 32.1. The van der Waals surface area contributed by atoms with Crippen molar-refractivity contribution in [2.24, 2.45) is 11.5 Å². The van der Waals surface area contributed by atoms with Gasteiger partial charge >= 0.3 is 0 Å². The lowest BCUT2D eigenvalue weighted by molar-refractivity contribution is 0.0997. The van der Waals surface area contributed by atoms with Gasteiger partial charge in [0, 0.05) is 12.6 Å². The van der Waals surface area contributed by atoms with Crippen LogP contribution in [0.3, 0.4) is 0 Å². The van der Waals surface area contributed by atoms with Gasteiger partial charge in [0.1, 0.15) is 5.75 Å². The molecule has 0 fully saturated rings. The standard InChI is InChI=1S/C13H21N3O4S/c1-3-4-9(8-14)16-21(18,19)10-5-6-12(20-2)11(7-10)13(15)17/h5-7,9,16H,3-4,8,14H2,1-2H3,(H2,15,17). The Labute approximate surface area is 124 Å². The van der Waals surface area contributed by atoms with Gasteiger partial charge in [-0.05, 0) is 24.6 Å². The molecule has 0 saturated heterocycles. The van der Waals surface area contributed by atoms with Gasteiger partial charge in [-0.2, -0.15) is 0 Å². The molecule has 1 amide bonds. The number of methoxy groups -OCH3 is 1. The largest absolute Gasteiger partial charge is 0.496 e. The molecule has 0 aliphatic rings. The Bertz CT molecular complexity index is 601. The first-order valence-electron chi connectivity index (χ1n) is 6.56. The third kappa shape index (κ3) is 4.42. The molecule has 5 N–H and O–H groups in total. The SMILES string of the molecule is CCCC(CN)NS(=O)(=O)c1ccc(OC)c(C(N)=O)c1. The summed E-state index contributed by atoms with van der Waals surface area (Å²) in [5.74, 6) is -0.529. The van der Waals surface area contributed by atoms with Crippen molar-refractivity contribution >= 4 is 15.9 Å². The molecule has 1 unspecified atom stereocenters. The average molecular weight is 315 g/mol. The van der Waals surface area contributed by atoms with E-state index in [0.29, 0.717) is 6.42 Å². The lowest BCUT2D eigenvalue weighted by Crippen LogP contribution is -2.40. The van der Waals surface area contributed by atoms with E-state index < -0.39 is 15.9 Å². The molecule has 8 heteroatoms. The summed E-state index contributed by atoms with van der Waals surface area (Å²) >= 11 is 0. The summed E-state index contributed by atoms with van der Waals surface area (Å²) in [6.07, 6.45) is 1.44. The zero-order valence-electron chi connectivity index (χ0n) is 12.1. The van der Waals surface area contributed by atoms with Crippen molar-refractivity contribution in [1.82, 2.24) is 4.72 Å². The van der Waals surface area contributed by atoms with Crippen LogP contribution in [0.4, 0.5) is 0 Å². The number of primary amides is 1. The number of nitrogens with one attached hydrogen (secondary N) is 1. The smallest absolute Gasteiger partial charge is 0.252 e. The highest BCUT2D eigenvalue weighted by atomic mass is 32.2. The van der Waals surface area contributed by atoms with E-state index in [-0.39, 0.29) is 28.8 Å². The maximum Gasteiger partial charge on any atom is 0.252 e. The number of hydrogen-bond donors (Lipinski definition) is 3. The van der Waals surface area contributed by atoms with Crippen LogP contribution >= 0.6 is 0 Å². The minimum atomic E-state index is -3.77. The Morgan fingerprint density at radius 3 is 2.57 bits per heavy atom. The molecule has 0 spiro atoms. The van der Waals surface area contributed by atoms with Crippen molar-refractivity contribution in [1.29, 1.82) is 0 Å². The van der Waals surface area contributed by atoms with E-state index in [4.69, 9.17) is 16.2 Å². The van der Waals surface area contributed by atoms with Crippen molar-refractivity contribution < 1.29 is 17.9 Å². The zero-order valence-corrected chi connectivity index (χ0v) is 12.9. The fourth-order valence-corrected chi connectivity index (χ4v) is 3.22. The van der Waals surface area contributed by atoms with Gasteiger partial charge in [0.05, 0.1) is 17.6 Å². The number of rotatable bonds is 8. The molecule has 0 radical (unpaired) electrons. The van der Waals surface area contributed by atoms with E-state index in [1.54, 1.807) is 0 Å². The van der Waals surface area contributed by atoms with Gasteiger partial charge in [-0.25, -0.2) is 13.1 Å². The predicted molar refractivity (Wildman–Crippen MR) is 79.6 cm³/mol. The van der Waals surface area contributed by atoms with Crippen LogP contribution < -0.4 is 20.9 Å². The molecule has 1 atom stereocenters. The first kappa shape index (κ1) is 17.4. The lowest BCUT2D eigenvalue weighted by atomic mass is 10.2. The number of sulfonamides is 1. The molecule has 0 saturated carbocycles. The maximum atomic E-state index is 12.3. The third-order valence-corrected chi connectivity index (χ3v) is 4.51. The molecular formula is C13H21N3O4S. The summed E-state index contributed by atoms with van der Waals surface area (Å²) in [5.41, 5.74) is 10.8. The third-order valence-electron chi connectivity index (χ3n) is 2.99. The number of carbonyl (C=O) groups is 1. The first-order valence-corrected chi connectivity index (χ1v) is 8.04. The second-order valence-corrected chi connectivity index (χ2v) is 6.28. The van der Waals surface area contributed by atoms with Crippen LogP contribution in [0.2, 0.25) is 0 Å². The summed E-state index contributed by atoms with van der Waals surface area (Å²) in [7, 11) is -2.39. The fraction of sp³-hybridized carbons (Fsp3) is 0.462. The van der Waals surface area contributed by atoms with Crippen molar-refractivity contribution in [2.75, 3.05) is 13.7 Å². The summed E-state index contributed by atoms with van der Waals surface area (Å²) in [6, 6.07) is 3.60. The van der Waals surface area contributed by atoms with Gasteiger partial charge in [-0.1, -0.05) is 13.3 Å². The number of amides is 1. The van der Waals surface area contributed by atoms with Gasteiger partial charge in [0.15, 0.2) is 0 Å².